The van der Waals surface area contributed by atoms with Crippen LogP contribution in [-0.4, -0.2) is 35.0 Å². The minimum atomic E-state index is -0.745. The maximum absolute atomic E-state index is 9.37. The summed E-state index contributed by atoms with van der Waals surface area (Å²) in [5.41, 5.74) is 0. The van der Waals surface area contributed by atoms with E-state index in [1.165, 1.54) is 0 Å². The molecule has 0 rings (SSSR count). The van der Waals surface area contributed by atoms with Crippen molar-refractivity contribution < 1.29 is 9.90 Å². The molecule has 0 heterocycles. The van der Waals surface area contributed by atoms with Crippen LogP contribution in [0.25, 0.3) is 0 Å². The van der Waals surface area contributed by atoms with E-state index in [9.17, 15) is 4.79 Å². The smallest absolute Gasteiger partial charge is 0.303 e. The van der Waals surface area contributed by atoms with Gasteiger partial charge >= 0.3 is 5.97 Å². The zero-order valence-corrected chi connectivity index (χ0v) is 6.42. The quantitative estimate of drug-likeness (QED) is 0.599. The molecule has 0 unspecified atom stereocenters. The van der Waals surface area contributed by atoms with Crippen molar-refractivity contribution in [3.63, 3.8) is 0 Å². The Labute approximate surface area is 53.5 Å². The standard InChI is InChI=1S/C3H6O2.Sn/c1-2-3(4)5;/h2H2,1H3,(H,4,5);. The predicted molar refractivity (Wildman–Crippen MR) is 23.7 cm³/mol. The number of hydrogen-bond donors (Lipinski definition) is 1. The summed E-state index contributed by atoms with van der Waals surface area (Å²) >= 11 is 0. The van der Waals surface area contributed by atoms with E-state index in [1.54, 1.807) is 6.92 Å². The van der Waals surface area contributed by atoms with Crippen molar-refractivity contribution in [1.82, 2.24) is 0 Å². The van der Waals surface area contributed by atoms with Gasteiger partial charge in [-0.15, -0.1) is 0 Å². The van der Waals surface area contributed by atoms with Gasteiger partial charge in [-0.3, -0.25) is 4.79 Å². The molecule has 2 nitrogen and oxygen atoms in total. The van der Waals surface area contributed by atoms with Crippen LogP contribution < -0.4 is 0 Å². The van der Waals surface area contributed by atoms with Crippen molar-refractivity contribution in [3.05, 3.63) is 0 Å². The van der Waals surface area contributed by atoms with Crippen molar-refractivity contribution in [1.29, 1.82) is 0 Å². The summed E-state index contributed by atoms with van der Waals surface area (Å²) in [4.78, 5) is 9.37. The first kappa shape index (κ1) is 9.55. The van der Waals surface area contributed by atoms with Crippen LogP contribution in [0.2, 0.25) is 0 Å². The SMILES string of the molecule is CCC(=O)O.[Sn]. The van der Waals surface area contributed by atoms with E-state index in [4.69, 9.17) is 5.11 Å². The average molecular weight is 193 g/mol. The van der Waals surface area contributed by atoms with Gasteiger partial charge in [0.25, 0.3) is 0 Å². The largest absolute Gasteiger partial charge is 0.481 e. The number of carbonyl (C=O) groups is 1. The first-order valence-electron chi connectivity index (χ1n) is 1.49. The monoisotopic (exact) mass is 194 g/mol. The van der Waals surface area contributed by atoms with Crippen molar-refractivity contribution in [2.45, 2.75) is 13.3 Å². The third kappa shape index (κ3) is 8.86. The molecule has 0 amide bonds. The molecule has 0 aromatic rings. The summed E-state index contributed by atoms with van der Waals surface area (Å²) in [5, 5.41) is 7.72. The molecule has 0 aliphatic heterocycles. The number of aliphatic carboxylic acids is 1. The van der Waals surface area contributed by atoms with Gasteiger partial charge < -0.3 is 5.11 Å². The maximum Gasteiger partial charge on any atom is 0.303 e. The Morgan fingerprint density at radius 2 is 2.00 bits per heavy atom. The predicted octanol–water partition coefficient (Wildman–Crippen LogP) is 0.100. The first-order chi connectivity index (χ1) is 2.27. The molecule has 3 heteroatoms. The van der Waals surface area contributed by atoms with Crippen LogP contribution in [-0.2, 0) is 4.79 Å². The van der Waals surface area contributed by atoms with Gasteiger partial charge in [0, 0.05) is 30.3 Å². The van der Waals surface area contributed by atoms with Gasteiger partial charge in [0.05, 0.1) is 0 Å². The van der Waals surface area contributed by atoms with E-state index in [2.05, 4.69) is 0 Å². The maximum atomic E-state index is 9.37. The molecule has 0 saturated heterocycles. The molecular weight excluding hydrogens is 187 g/mol. The van der Waals surface area contributed by atoms with E-state index >= 15 is 0 Å². The second-order valence-corrected chi connectivity index (χ2v) is 0.747. The van der Waals surface area contributed by atoms with Crippen molar-refractivity contribution >= 4 is 29.9 Å². The molecular formula is C3H6O2Sn. The van der Waals surface area contributed by atoms with Gasteiger partial charge in [0.2, 0.25) is 0 Å². The third-order valence-electron chi connectivity index (χ3n) is 0.302. The molecule has 34 valence electrons. The molecule has 0 aromatic carbocycles. The fourth-order valence-electron chi connectivity index (χ4n) is 0. The van der Waals surface area contributed by atoms with Gasteiger partial charge in [-0.2, -0.15) is 0 Å². The van der Waals surface area contributed by atoms with Gasteiger partial charge in [-0.25, -0.2) is 0 Å². The van der Waals surface area contributed by atoms with Crippen LogP contribution in [0.15, 0.2) is 0 Å². The minimum absolute atomic E-state index is 0. The molecule has 0 aliphatic rings. The molecule has 0 atom stereocenters. The summed E-state index contributed by atoms with van der Waals surface area (Å²) in [6, 6.07) is 0. The van der Waals surface area contributed by atoms with Crippen molar-refractivity contribution in [3.8, 4) is 0 Å². The Bertz CT molecular complexity index is 44.1. The first-order valence-corrected chi connectivity index (χ1v) is 1.49. The number of hydrogen-bond acceptors (Lipinski definition) is 1. The Morgan fingerprint density at radius 1 is 1.83 bits per heavy atom. The zero-order chi connectivity index (χ0) is 4.28. The second-order valence-electron chi connectivity index (χ2n) is 0.747. The third-order valence-corrected chi connectivity index (χ3v) is 0.302. The van der Waals surface area contributed by atoms with Crippen LogP contribution >= 0.6 is 0 Å². The molecule has 6 heavy (non-hydrogen) atoms. The summed E-state index contributed by atoms with van der Waals surface area (Å²) in [6.07, 6.45) is 0.222. The summed E-state index contributed by atoms with van der Waals surface area (Å²) in [5.74, 6) is -0.745. The molecule has 0 aliphatic carbocycles. The normalized spacial score (nSPS) is 6.17. The molecule has 4 radical (unpaired) electrons. The van der Waals surface area contributed by atoms with Crippen molar-refractivity contribution in [2.75, 3.05) is 0 Å². The fraction of sp³-hybridized carbons (Fsp3) is 0.667. The molecule has 1 N–H and O–H groups in total. The van der Waals surface area contributed by atoms with E-state index in [0.29, 0.717) is 0 Å². The van der Waals surface area contributed by atoms with Crippen LogP contribution in [0.5, 0.6) is 0 Å². The molecule has 0 fully saturated rings. The van der Waals surface area contributed by atoms with Crippen LogP contribution in [0, 0.1) is 0 Å². The Morgan fingerprint density at radius 3 is 2.00 bits per heavy atom. The van der Waals surface area contributed by atoms with E-state index < -0.39 is 5.97 Å². The van der Waals surface area contributed by atoms with Gasteiger partial charge in [-0.05, 0) is 0 Å². The topological polar surface area (TPSA) is 37.3 Å². The van der Waals surface area contributed by atoms with Crippen LogP contribution in [0.1, 0.15) is 13.3 Å². The molecule has 0 saturated carbocycles. The molecule has 0 aromatic heterocycles. The number of carboxylic acid groups (broad SMARTS) is 1. The van der Waals surface area contributed by atoms with E-state index in [-0.39, 0.29) is 30.3 Å². The second kappa shape index (κ2) is 5.27. The van der Waals surface area contributed by atoms with Gasteiger partial charge in [0.1, 0.15) is 0 Å². The Balaban J connectivity index is 0. The Hall–Kier alpha value is 0.269. The number of carboxylic acids is 1. The van der Waals surface area contributed by atoms with Crippen LogP contribution in [0.4, 0.5) is 0 Å². The van der Waals surface area contributed by atoms with Gasteiger partial charge in [-0.1, -0.05) is 6.92 Å². The fourth-order valence-corrected chi connectivity index (χ4v) is 0. The average Bonchev–Trinajstić information content (AvgIpc) is 1.38. The van der Waals surface area contributed by atoms with Crippen LogP contribution in [0.3, 0.4) is 0 Å². The minimum Gasteiger partial charge on any atom is -0.481 e. The zero-order valence-electron chi connectivity index (χ0n) is 3.56. The molecule has 0 spiro atoms. The van der Waals surface area contributed by atoms with E-state index in [0.717, 1.165) is 0 Å². The summed E-state index contributed by atoms with van der Waals surface area (Å²) in [7, 11) is 0. The van der Waals surface area contributed by atoms with Crippen molar-refractivity contribution in [2.24, 2.45) is 0 Å². The molecule has 0 bridgehead atoms. The Kier molecular flexibility index (Phi) is 8.39. The summed E-state index contributed by atoms with van der Waals surface area (Å²) in [6.45, 7) is 1.60. The van der Waals surface area contributed by atoms with E-state index in [1.807, 2.05) is 0 Å². The summed E-state index contributed by atoms with van der Waals surface area (Å²) < 4.78 is 0. The van der Waals surface area contributed by atoms with Gasteiger partial charge in [0.15, 0.2) is 0 Å². The number of rotatable bonds is 1.